The number of benzene rings is 3. The fourth-order valence-electron chi connectivity index (χ4n) is 4.79. The second-order valence-corrected chi connectivity index (χ2v) is 12.1. The fraction of sp³-hybridized carbons (Fsp3) is 0.300. The zero-order valence-electron chi connectivity index (χ0n) is 22.4. The van der Waals surface area contributed by atoms with Crippen LogP contribution in [0.4, 0.5) is 0 Å². The summed E-state index contributed by atoms with van der Waals surface area (Å²) >= 11 is 0. The minimum Gasteiger partial charge on any atom is -0.462 e. The van der Waals surface area contributed by atoms with Gasteiger partial charge < -0.3 is 14.6 Å². The van der Waals surface area contributed by atoms with Crippen LogP contribution in [0.1, 0.15) is 33.5 Å². The van der Waals surface area contributed by atoms with Crippen molar-refractivity contribution in [3.8, 4) is 11.1 Å². The Bertz CT molecular complexity index is 1600. The predicted octanol–water partition coefficient (Wildman–Crippen LogP) is 3.39. The lowest BCUT2D eigenvalue weighted by Crippen LogP contribution is -2.44. The molecule has 10 heteroatoms. The molecule has 0 spiro atoms. The largest absolute Gasteiger partial charge is 0.462 e. The molecule has 2 heterocycles. The maximum atomic E-state index is 13.3. The standard InChI is InChI=1S/C30H32N4O5S/c1-2-39-30(36)25-12-13-26-27(20-25)34(21-22-8-10-24(11-9-22)23-6-4-3-5-7-23)28(32-26)29(35)31-14-15-33-16-18-40(37,38)19-17-33/h3-13,20H,2,14-19,21H2,1H3,(H,31,35). The molecule has 0 unspecified atom stereocenters. The number of hydrogen-bond donors (Lipinski definition) is 1. The maximum Gasteiger partial charge on any atom is 0.338 e. The molecule has 1 fully saturated rings. The molecule has 9 nitrogen and oxygen atoms in total. The molecule has 0 radical (unpaired) electrons. The molecule has 1 aromatic heterocycles. The van der Waals surface area contributed by atoms with Gasteiger partial charge in [-0.1, -0.05) is 54.6 Å². The van der Waals surface area contributed by atoms with Crippen molar-refractivity contribution < 1.29 is 22.7 Å². The highest BCUT2D eigenvalue weighted by Crippen LogP contribution is 2.23. The molecule has 5 rings (SSSR count). The van der Waals surface area contributed by atoms with Gasteiger partial charge in [-0.05, 0) is 41.8 Å². The Morgan fingerprint density at radius 3 is 2.35 bits per heavy atom. The van der Waals surface area contributed by atoms with Crippen LogP contribution in [-0.4, -0.2) is 79.0 Å². The highest BCUT2D eigenvalue weighted by Gasteiger charge is 2.23. The molecule has 208 valence electrons. The fourth-order valence-corrected chi connectivity index (χ4v) is 6.07. The lowest BCUT2D eigenvalue weighted by atomic mass is 10.0. The van der Waals surface area contributed by atoms with Gasteiger partial charge in [-0.15, -0.1) is 0 Å². The first-order valence-corrected chi connectivity index (χ1v) is 15.2. The molecule has 1 amide bonds. The molecule has 0 aliphatic carbocycles. The van der Waals surface area contributed by atoms with E-state index in [9.17, 15) is 18.0 Å². The van der Waals surface area contributed by atoms with Gasteiger partial charge in [-0.25, -0.2) is 18.2 Å². The first-order valence-electron chi connectivity index (χ1n) is 13.4. The van der Waals surface area contributed by atoms with Crippen molar-refractivity contribution in [3.63, 3.8) is 0 Å². The van der Waals surface area contributed by atoms with E-state index in [0.717, 1.165) is 16.7 Å². The summed E-state index contributed by atoms with van der Waals surface area (Å²) < 4.78 is 30.4. The summed E-state index contributed by atoms with van der Waals surface area (Å²) in [7, 11) is -2.96. The number of carbonyl (C=O) groups excluding carboxylic acids is 2. The van der Waals surface area contributed by atoms with Crippen LogP contribution >= 0.6 is 0 Å². The van der Waals surface area contributed by atoms with E-state index in [-0.39, 0.29) is 29.8 Å². The summed E-state index contributed by atoms with van der Waals surface area (Å²) in [6.07, 6.45) is 0. The van der Waals surface area contributed by atoms with Crippen molar-refractivity contribution in [3.05, 3.63) is 89.7 Å². The van der Waals surface area contributed by atoms with E-state index in [4.69, 9.17) is 4.74 Å². The molecule has 1 saturated heterocycles. The Hall–Kier alpha value is -4.02. The van der Waals surface area contributed by atoms with Gasteiger partial charge in [0.15, 0.2) is 15.7 Å². The SMILES string of the molecule is CCOC(=O)c1ccc2nc(C(=O)NCCN3CCS(=O)(=O)CC3)n(Cc3ccc(-c4ccccc4)cc3)c2c1. The van der Waals surface area contributed by atoms with E-state index in [0.29, 0.717) is 49.3 Å². The Labute approximate surface area is 233 Å². The van der Waals surface area contributed by atoms with E-state index in [2.05, 4.69) is 22.4 Å². The molecule has 40 heavy (non-hydrogen) atoms. The number of esters is 1. The number of hydrogen-bond acceptors (Lipinski definition) is 7. The van der Waals surface area contributed by atoms with Crippen LogP contribution in [0.15, 0.2) is 72.8 Å². The molecule has 0 bridgehead atoms. The zero-order chi connectivity index (χ0) is 28.1. The van der Waals surface area contributed by atoms with Crippen LogP contribution in [-0.2, 0) is 21.1 Å². The molecule has 1 aliphatic rings. The van der Waals surface area contributed by atoms with Crippen molar-refractivity contribution in [2.75, 3.05) is 44.3 Å². The number of fused-ring (bicyclic) bond motifs is 1. The number of sulfone groups is 1. The number of rotatable bonds is 9. The third-order valence-corrected chi connectivity index (χ3v) is 8.62. The minimum absolute atomic E-state index is 0.141. The summed E-state index contributed by atoms with van der Waals surface area (Å²) in [6.45, 7) is 4.24. The summed E-state index contributed by atoms with van der Waals surface area (Å²) in [5.74, 6) is -0.242. The van der Waals surface area contributed by atoms with Gasteiger partial charge in [0.2, 0.25) is 0 Å². The highest BCUT2D eigenvalue weighted by atomic mass is 32.2. The number of aromatic nitrogens is 2. The number of nitrogens with one attached hydrogen (secondary N) is 1. The molecule has 1 aliphatic heterocycles. The molecule has 0 atom stereocenters. The highest BCUT2D eigenvalue weighted by molar-refractivity contribution is 7.91. The summed E-state index contributed by atoms with van der Waals surface area (Å²) in [5.41, 5.74) is 4.83. The van der Waals surface area contributed by atoms with Gasteiger partial charge in [0, 0.05) is 32.7 Å². The van der Waals surface area contributed by atoms with Crippen LogP contribution in [0, 0.1) is 0 Å². The van der Waals surface area contributed by atoms with Gasteiger partial charge in [0.25, 0.3) is 5.91 Å². The minimum atomic E-state index is -2.96. The Morgan fingerprint density at radius 2 is 1.65 bits per heavy atom. The Kier molecular flexibility index (Phi) is 8.27. The number of nitrogens with zero attached hydrogens (tertiary/aromatic N) is 3. The van der Waals surface area contributed by atoms with Crippen LogP contribution < -0.4 is 5.32 Å². The first-order chi connectivity index (χ1) is 19.3. The molecule has 4 aromatic rings. The van der Waals surface area contributed by atoms with Crippen LogP contribution in [0.2, 0.25) is 0 Å². The van der Waals surface area contributed by atoms with Crippen LogP contribution in [0.3, 0.4) is 0 Å². The lowest BCUT2D eigenvalue weighted by Gasteiger charge is -2.26. The topological polar surface area (TPSA) is 111 Å². The first kappa shape index (κ1) is 27.5. The van der Waals surface area contributed by atoms with Gasteiger partial charge in [-0.2, -0.15) is 0 Å². The average Bonchev–Trinajstić information content (AvgIpc) is 3.32. The van der Waals surface area contributed by atoms with E-state index >= 15 is 0 Å². The smallest absolute Gasteiger partial charge is 0.338 e. The number of ether oxygens (including phenoxy) is 1. The van der Waals surface area contributed by atoms with Crippen LogP contribution in [0.5, 0.6) is 0 Å². The van der Waals surface area contributed by atoms with Gasteiger partial charge in [0.1, 0.15) is 0 Å². The van der Waals surface area contributed by atoms with Crippen molar-refractivity contribution in [2.45, 2.75) is 13.5 Å². The molecule has 0 saturated carbocycles. The molecular formula is C30H32N4O5S. The van der Waals surface area contributed by atoms with Crippen molar-refractivity contribution >= 4 is 32.7 Å². The van der Waals surface area contributed by atoms with E-state index < -0.39 is 15.8 Å². The molecule has 3 aromatic carbocycles. The number of carbonyl (C=O) groups is 2. The summed E-state index contributed by atoms with van der Waals surface area (Å²) in [6, 6.07) is 23.3. The second kappa shape index (κ2) is 12.0. The second-order valence-electron chi connectivity index (χ2n) is 9.76. The van der Waals surface area contributed by atoms with Gasteiger partial charge in [0.05, 0.1) is 34.7 Å². The predicted molar refractivity (Wildman–Crippen MR) is 154 cm³/mol. The molecule has 1 N–H and O–H groups in total. The lowest BCUT2D eigenvalue weighted by molar-refractivity contribution is 0.0526. The van der Waals surface area contributed by atoms with Crippen molar-refractivity contribution in [1.82, 2.24) is 19.8 Å². The summed E-state index contributed by atoms with van der Waals surface area (Å²) in [4.78, 5) is 32.4. The van der Waals surface area contributed by atoms with Gasteiger partial charge in [-0.3, -0.25) is 9.69 Å². The van der Waals surface area contributed by atoms with Gasteiger partial charge >= 0.3 is 5.97 Å². The zero-order valence-corrected chi connectivity index (χ0v) is 23.2. The number of amides is 1. The quantitative estimate of drug-likeness (QED) is 0.313. The van der Waals surface area contributed by atoms with E-state index in [1.807, 2.05) is 51.9 Å². The maximum absolute atomic E-state index is 13.3. The normalized spacial score (nSPS) is 15.1. The van der Waals surface area contributed by atoms with E-state index in [1.54, 1.807) is 25.1 Å². The van der Waals surface area contributed by atoms with Crippen LogP contribution in [0.25, 0.3) is 22.2 Å². The van der Waals surface area contributed by atoms with Crippen molar-refractivity contribution in [2.24, 2.45) is 0 Å². The Morgan fingerprint density at radius 1 is 0.950 bits per heavy atom. The average molecular weight is 561 g/mol. The number of imidazole rings is 1. The monoisotopic (exact) mass is 560 g/mol. The van der Waals surface area contributed by atoms with E-state index in [1.165, 1.54) is 0 Å². The third-order valence-electron chi connectivity index (χ3n) is 7.01. The summed E-state index contributed by atoms with van der Waals surface area (Å²) in [5, 5.41) is 2.94. The van der Waals surface area contributed by atoms with Crippen molar-refractivity contribution in [1.29, 1.82) is 0 Å². The third kappa shape index (κ3) is 6.40. The Balaban J connectivity index is 1.39. The molecular weight excluding hydrogens is 528 g/mol.